The smallest absolute Gasteiger partial charge is 0.0931 e. The minimum absolute atomic E-state index is 0.415. The number of aromatic nitrogens is 1. The first-order valence-corrected chi connectivity index (χ1v) is 7.35. The summed E-state index contributed by atoms with van der Waals surface area (Å²) >= 11 is 1.79. The Morgan fingerprint density at radius 3 is 2.63 bits per heavy atom. The molecule has 2 heterocycles. The zero-order valence-corrected chi connectivity index (χ0v) is 12.4. The molecule has 102 valence electrons. The molecule has 0 aliphatic rings. The number of pyridine rings is 1. The molecule has 0 aliphatic heterocycles. The van der Waals surface area contributed by atoms with Gasteiger partial charge in [-0.3, -0.25) is 4.98 Å². The van der Waals surface area contributed by atoms with Crippen LogP contribution in [0.3, 0.4) is 0 Å². The molecule has 0 radical (unpaired) electrons. The molecular formula is C15H20N2OS. The summed E-state index contributed by atoms with van der Waals surface area (Å²) in [6.07, 6.45) is 2.35. The predicted octanol–water partition coefficient (Wildman–Crippen LogP) is 3.26. The molecule has 1 unspecified atom stereocenters. The highest BCUT2D eigenvalue weighted by Crippen LogP contribution is 2.20. The molecule has 2 rings (SSSR count). The van der Waals surface area contributed by atoms with Crippen LogP contribution in [0.4, 0.5) is 5.69 Å². The molecule has 0 bridgehead atoms. The lowest BCUT2D eigenvalue weighted by molar-refractivity contribution is 0.194. The molecule has 0 aromatic carbocycles. The highest BCUT2D eigenvalue weighted by atomic mass is 32.1. The van der Waals surface area contributed by atoms with Gasteiger partial charge in [-0.15, -0.1) is 11.3 Å². The summed E-state index contributed by atoms with van der Waals surface area (Å²) in [5.74, 6) is 0. The van der Waals surface area contributed by atoms with Crippen molar-refractivity contribution in [2.75, 3.05) is 11.9 Å². The van der Waals surface area contributed by atoms with E-state index in [4.69, 9.17) is 0 Å². The van der Waals surface area contributed by atoms with Gasteiger partial charge in [0.15, 0.2) is 0 Å². The van der Waals surface area contributed by atoms with Gasteiger partial charge in [0.25, 0.3) is 0 Å². The second-order valence-electron chi connectivity index (χ2n) is 4.86. The minimum Gasteiger partial charge on any atom is -0.387 e. The van der Waals surface area contributed by atoms with Crippen molar-refractivity contribution in [1.82, 2.24) is 4.98 Å². The van der Waals surface area contributed by atoms with Crippen LogP contribution in [0, 0.1) is 0 Å². The van der Waals surface area contributed by atoms with E-state index in [1.807, 2.05) is 18.3 Å². The second kappa shape index (κ2) is 6.17. The Bertz CT molecular complexity index is 493. The number of hydrogen-bond acceptors (Lipinski definition) is 4. The number of rotatable bonds is 5. The van der Waals surface area contributed by atoms with Gasteiger partial charge in [-0.25, -0.2) is 0 Å². The summed E-state index contributed by atoms with van der Waals surface area (Å²) in [5, 5.41) is 11.6. The van der Waals surface area contributed by atoms with Crippen LogP contribution in [0.15, 0.2) is 35.8 Å². The first kappa shape index (κ1) is 14.0. The molecule has 0 saturated carbocycles. The molecule has 0 fully saturated rings. The summed E-state index contributed by atoms with van der Waals surface area (Å²) in [7, 11) is 2.08. The maximum absolute atomic E-state index is 9.46. The maximum Gasteiger partial charge on any atom is 0.0931 e. The van der Waals surface area contributed by atoms with E-state index < -0.39 is 6.10 Å². The molecule has 3 nitrogen and oxygen atoms in total. The van der Waals surface area contributed by atoms with Crippen molar-refractivity contribution in [3.63, 3.8) is 0 Å². The zero-order valence-electron chi connectivity index (χ0n) is 11.6. The SMILES string of the molecule is CC(Cc1cccs1)N(C)c1ccc([C@H](C)O)nc1. The van der Waals surface area contributed by atoms with E-state index in [-0.39, 0.29) is 0 Å². The first-order chi connectivity index (χ1) is 9.08. The molecular weight excluding hydrogens is 256 g/mol. The number of thiophene rings is 1. The van der Waals surface area contributed by atoms with Crippen LogP contribution < -0.4 is 4.90 Å². The summed E-state index contributed by atoms with van der Waals surface area (Å²) in [5.41, 5.74) is 1.79. The summed E-state index contributed by atoms with van der Waals surface area (Å²) in [6.45, 7) is 3.94. The molecule has 0 aliphatic carbocycles. The third-order valence-corrected chi connectivity index (χ3v) is 4.24. The Balaban J connectivity index is 2.04. The molecule has 2 aromatic heterocycles. The van der Waals surface area contributed by atoms with E-state index in [0.29, 0.717) is 11.7 Å². The number of hydrogen-bond donors (Lipinski definition) is 1. The number of aliphatic hydroxyl groups is 1. The Labute approximate surface area is 118 Å². The van der Waals surface area contributed by atoms with Crippen LogP contribution >= 0.6 is 11.3 Å². The van der Waals surface area contributed by atoms with E-state index in [9.17, 15) is 5.11 Å². The number of anilines is 1. The highest BCUT2D eigenvalue weighted by molar-refractivity contribution is 7.09. The molecule has 0 spiro atoms. The lowest BCUT2D eigenvalue weighted by Crippen LogP contribution is -2.30. The van der Waals surface area contributed by atoms with E-state index in [0.717, 1.165) is 12.1 Å². The Morgan fingerprint density at radius 2 is 2.11 bits per heavy atom. The maximum atomic E-state index is 9.46. The normalized spacial score (nSPS) is 14.1. The Kier molecular flexibility index (Phi) is 4.56. The van der Waals surface area contributed by atoms with Crippen molar-refractivity contribution in [2.45, 2.75) is 32.4 Å². The van der Waals surface area contributed by atoms with Crippen molar-refractivity contribution < 1.29 is 5.11 Å². The van der Waals surface area contributed by atoms with Crippen molar-refractivity contribution >= 4 is 17.0 Å². The average Bonchev–Trinajstić information content (AvgIpc) is 2.90. The molecule has 1 N–H and O–H groups in total. The number of likely N-dealkylation sites (N-methyl/N-ethyl adjacent to an activating group) is 1. The van der Waals surface area contributed by atoms with Crippen molar-refractivity contribution in [1.29, 1.82) is 0 Å². The van der Waals surface area contributed by atoms with Gasteiger partial charge in [-0.05, 0) is 37.4 Å². The fourth-order valence-corrected chi connectivity index (χ4v) is 2.79. The third-order valence-electron chi connectivity index (χ3n) is 3.34. The van der Waals surface area contributed by atoms with E-state index >= 15 is 0 Å². The van der Waals surface area contributed by atoms with Crippen LogP contribution in [0.1, 0.15) is 30.5 Å². The molecule has 4 heteroatoms. The van der Waals surface area contributed by atoms with Gasteiger partial charge in [0.05, 0.1) is 23.7 Å². The fraction of sp³-hybridized carbons (Fsp3) is 0.400. The van der Waals surface area contributed by atoms with Crippen molar-refractivity contribution in [3.8, 4) is 0 Å². The topological polar surface area (TPSA) is 36.4 Å². The summed E-state index contributed by atoms with van der Waals surface area (Å²) in [6, 6.07) is 8.57. The average molecular weight is 276 g/mol. The van der Waals surface area contributed by atoms with Crippen molar-refractivity contribution in [2.24, 2.45) is 0 Å². The Morgan fingerprint density at radius 1 is 1.32 bits per heavy atom. The van der Waals surface area contributed by atoms with Gasteiger partial charge in [0, 0.05) is 24.4 Å². The van der Waals surface area contributed by atoms with Crippen LogP contribution in [0.2, 0.25) is 0 Å². The van der Waals surface area contributed by atoms with Gasteiger partial charge in [-0.2, -0.15) is 0 Å². The monoisotopic (exact) mass is 276 g/mol. The minimum atomic E-state index is -0.511. The van der Waals surface area contributed by atoms with E-state index in [1.54, 1.807) is 18.3 Å². The first-order valence-electron chi connectivity index (χ1n) is 6.47. The third kappa shape index (κ3) is 3.55. The lowest BCUT2D eigenvalue weighted by Gasteiger charge is -2.26. The quantitative estimate of drug-likeness (QED) is 0.910. The van der Waals surface area contributed by atoms with Gasteiger partial charge >= 0.3 is 0 Å². The fourth-order valence-electron chi connectivity index (χ4n) is 1.96. The van der Waals surface area contributed by atoms with Gasteiger partial charge in [0.1, 0.15) is 0 Å². The van der Waals surface area contributed by atoms with Gasteiger partial charge in [0.2, 0.25) is 0 Å². The second-order valence-corrected chi connectivity index (χ2v) is 5.89. The van der Waals surface area contributed by atoms with E-state index in [2.05, 4.69) is 41.4 Å². The van der Waals surface area contributed by atoms with Crippen LogP contribution in [0.5, 0.6) is 0 Å². The molecule has 0 saturated heterocycles. The largest absolute Gasteiger partial charge is 0.387 e. The van der Waals surface area contributed by atoms with Crippen LogP contribution in [0.25, 0.3) is 0 Å². The van der Waals surface area contributed by atoms with Crippen molar-refractivity contribution in [3.05, 3.63) is 46.4 Å². The Hall–Kier alpha value is -1.39. The zero-order chi connectivity index (χ0) is 13.8. The van der Waals surface area contributed by atoms with Crippen LogP contribution in [-0.4, -0.2) is 23.2 Å². The molecule has 2 atom stereocenters. The van der Waals surface area contributed by atoms with Crippen LogP contribution in [-0.2, 0) is 6.42 Å². The number of nitrogens with zero attached hydrogens (tertiary/aromatic N) is 2. The predicted molar refractivity (Wildman–Crippen MR) is 80.8 cm³/mol. The summed E-state index contributed by atoms with van der Waals surface area (Å²) in [4.78, 5) is 7.91. The van der Waals surface area contributed by atoms with Gasteiger partial charge in [-0.1, -0.05) is 6.07 Å². The van der Waals surface area contributed by atoms with Gasteiger partial charge < -0.3 is 10.0 Å². The highest BCUT2D eigenvalue weighted by Gasteiger charge is 2.12. The molecule has 2 aromatic rings. The summed E-state index contributed by atoms with van der Waals surface area (Å²) < 4.78 is 0. The molecule has 19 heavy (non-hydrogen) atoms. The van der Waals surface area contributed by atoms with E-state index in [1.165, 1.54) is 4.88 Å². The number of aliphatic hydroxyl groups excluding tert-OH is 1. The lowest BCUT2D eigenvalue weighted by atomic mass is 10.1. The standard InChI is InChI=1S/C15H20N2OS/c1-11(9-14-5-4-8-19-14)17(3)13-6-7-15(12(2)18)16-10-13/h4-8,10-12,18H,9H2,1-3H3/t11?,12-/m0/s1. The molecule has 0 amide bonds.